The maximum absolute atomic E-state index is 11.5. The van der Waals surface area contributed by atoms with Crippen molar-refractivity contribution in [2.75, 3.05) is 6.61 Å². The summed E-state index contributed by atoms with van der Waals surface area (Å²) in [5.41, 5.74) is 0. The molecule has 0 rings (SSSR count). The van der Waals surface area contributed by atoms with Crippen molar-refractivity contribution < 1.29 is 14.3 Å². The molecule has 0 N–H and O–H groups in total. The van der Waals surface area contributed by atoms with Gasteiger partial charge in [-0.05, 0) is 12.8 Å². The Morgan fingerprint density at radius 1 is 1.21 bits per heavy atom. The highest BCUT2D eigenvalue weighted by atomic mass is 16.5. The molecule has 0 heterocycles. The molecule has 14 heavy (non-hydrogen) atoms. The third-order valence-electron chi connectivity index (χ3n) is 2.63. The first-order valence-electron chi connectivity index (χ1n) is 5.21. The van der Waals surface area contributed by atoms with Crippen molar-refractivity contribution in [1.82, 2.24) is 0 Å². The lowest BCUT2D eigenvalue weighted by molar-refractivity contribution is -0.146. The molecule has 0 aliphatic heterocycles. The van der Waals surface area contributed by atoms with Crippen LogP contribution >= 0.6 is 0 Å². The predicted octanol–water partition coefficient (Wildman–Crippen LogP) is 2.19. The van der Waals surface area contributed by atoms with Gasteiger partial charge in [0.2, 0.25) is 0 Å². The van der Waals surface area contributed by atoms with Crippen LogP contribution in [0.1, 0.15) is 40.5 Å². The molecule has 0 bridgehead atoms. The number of ether oxygens (including phenoxy) is 1. The SMILES string of the molecule is CCOC(=O)CC(=O)[C@H](C)[C@H](C)CC. The van der Waals surface area contributed by atoms with Crippen molar-refractivity contribution in [2.24, 2.45) is 11.8 Å². The standard InChI is InChI=1S/C11H20O3/c1-5-8(3)9(4)10(12)7-11(13)14-6-2/h8-9H,5-7H2,1-4H3/t8-,9-/m1/s1. The molecule has 0 unspecified atom stereocenters. The molecule has 3 heteroatoms. The van der Waals surface area contributed by atoms with Crippen LogP contribution < -0.4 is 0 Å². The first-order chi connectivity index (χ1) is 6.52. The Kier molecular flexibility index (Phi) is 6.17. The summed E-state index contributed by atoms with van der Waals surface area (Å²) in [7, 11) is 0. The van der Waals surface area contributed by atoms with Crippen LogP contribution in [0.3, 0.4) is 0 Å². The average molecular weight is 200 g/mol. The Bertz CT molecular complexity index is 199. The van der Waals surface area contributed by atoms with Gasteiger partial charge in [-0.15, -0.1) is 0 Å². The largest absolute Gasteiger partial charge is 0.466 e. The molecular weight excluding hydrogens is 180 g/mol. The average Bonchev–Trinajstić information content (AvgIpc) is 2.15. The zero-order valence-corrected chi connectivity index (χ0v) is 9.50. The van der Waals surface area contributed by atoms with E-state index in [0.29, 0.717) is 12.5 Å². The summed E-state index contributed by atoms with van der Waals surface area (Å²) >= 11 is 0. The zero-order valence-electron chi connectivity index (χ0n) is 9.50. The number of rotatable bonds is 6. The van der Waals surface area contributed by atoms with E-state index in [1.807, 2.05) is 20.8 Å². The normalized spacial score (nSPS) is 14.6. The van der Waals surface area contributed by atoms with Crippen LogP contribution in [0.4, 0.5) is 0 Å². The molecule has 0 saturated heterocycles. The van der Waals surface area contributed by atoms with E-state index in [2.05, 4.69) is 0 Å². The number of ketones is 1. The van der Waals surface area contributed by atoms with Gasteiger partial charge in [-0.1, -0.05) is 27.2 Å². The van der Waals surface area contributed by atoms with Gasteiger partial charge in [0, 0.05) is 5.92 Å². The van der Waals surface area contributed by atoms with Crippen LogP contribution in [-0.2, 0) is 14.3 Å². The highest BCUT2D eigenvalue weighted by Gasteiger charge is 2.21. The smallest absolute Gasteiger partial charge is 0.313 e. The van der Waals surface area contributed by atoms with Crippen LogP contribution in [-0.4, -0.2) is 18.4 Å². The molecule has 82 valence electrons. The second-order valence-electron chi connectivity index (χ2n) is 3.62. The van der Waals surface area contributed by atoms with Crippen molar-refractivity contribution in [3.05, 3.63) is 0 Å². The Morgan fingerprint density at radius 3 is 2.21 bits per heavy atom. The van der Waals surface area contributed by atoms with Crippen molar-refractivity contribution in [3.63, 3.8) is 0 Å². The highest BCUT2D eigenvalue weighted by molar-refractivity contribution is 5.96. The van der Waals surface area contributed by atoms with Gasteiger partial charge in [-0.3, -0.25) is 9.59 Å². The van der Waals surface area contributed by atoms with Gasteiger partial charge in [0.15, 0.2) is 0 Å². The Hall–Kier alpha value is -0.860. The Morgan fingerprint density at radius 2 is 1.79 bits per heavy atom. The van der Waals surface area contributed by atoms with Gasteiger partial charge >= 0.3 is 5.97 Å². The molecule has 0 aliphatic carbocycles. The minimum absolute atomic E-state index is 0.0159. The lowest BCUT2D eigenvalue weighted by Gasteiger charge is -2.16. The molecule has 0 fully saturated rings. The molecule has 0 saturated carbocycles. The first-order valence-corrected chi connectivity index (χ1v) is 5.21. The van der Waals surface area contributed by atoms with Crippen LogP contribution in [0, 0.1) is 11.8 Å². The van der Waals surface area contributed by atoms with Crippen LogP contribution in [0.2, 0.25) is 0 Å². The maximum atomic E-state index is 11.5. The lowest BCUT2D eigenvalue weighted by atomic mass is 9.89. The monoisotopic (exact) mass is 200 g/mol. The molecule has 0 aromatic carbocycles. The second kappa shape index (κ2) is 6.57. The summed E-state index contributed by atoms with van der Waals surface area (Å²) in [5.74, 6) is -0.146. The molecule has 0 radical (unpaired) electrons. The van der Waals surface area contributed by atoms with Crippen LogP contribution in [0.5, 0.6) is 0 Å². The number of carbonyl (C=O) groups is 2. The van der Waals surface area contributed by atoms with E-state index >= 15 is 0 Å². The number of hydrogen-bond donors (Lipinski definition) is 0. The van der Waals surface area contributed by atoms with Gasteiger partial charge in [0.05, 0.1) is 6.61 Å². The summed E-state index contributed by atoms with van der Waals surface area (Å²) in [4.78, 5) is 22.6. The zero-order chi connectivity index (χ0) is 11.1. The number of hydrogen-bond acceptors (Lipinski definition) is 3. The van der Waals surface area contributed by atoms with Crippen molar-refractivity contribution in [2.45, 2.75) is 40.5 Å². The summed E-state index contributed by atoms with van der Waals surface area (Å²) in [5, 5.41) is 0. The minimum Gasteiger partial charge on any atom is -0.466 e. The Balaban J connectivity index is 4.01. The van der Waals surface area contributed by atoms with E-state index < -0.39 is 5.97 Å². The number of esters is 1. The summed E-state index contributed by atoms with van der Waals surface area (Å²) in [6, 6.07) is 0. The predicted molar refractivity (Wildman–Crippen MR) is 54.9 cm³/mol. The van der Waals surface area contributed by atoms with E-state index in [0.717, 1.165) is 6.42 Å². The molecule has 0 aromatic heterocycles. The van der Waals surface area contributed by atoms with E-state index in [4.69, 9.17) is 4.74 Å². The molecule has 0 aliphatic rings. The fraction of sp³-hybridized carbons (Fsp3) is 0.818. The van der Waals surface area contributed by atoms with E-state index in [9.17, 15) is 9.59 Å². The fourth-order valence-electron chi connectivity index (χ4n) is 1.19. The van der Waals surface area contributed by atoms with Crippen LogP contribution in [0.25, 0.3) is 0 Å². The molecular formula is C11H20O3. The quantitative estimate of drug-likeness (QED) is 0.487. The lowest BCUT2D eigenvalue weighted by Crippen LogP contribution is -2.22. The number of carbonyl (C=O) groups excluding carboxylic acids is 2. The van der Waals surface area contributed by atoms with Gasteiger partial charge in [0.25, 0.3) is 0 Å². The van der Waals surface area contributed by atoms with Crippen molar-refractivity contribution >= 4 is 11.8 Å². The molecule has 0 aromatic rings. The van der Waals surface area contributed by atoms with E-state index in [1.165, 1.54) is 0 Å². The van der Waals surface area contributed by atoms with Crippen LogP contribution in [0.15, 0.2) is 0 Å². The fourth-order valence-corrected chi connectivity index (χ4v) is 1.19. The summed E-state index contributed by atoms with van der Waals surface area (Å²) < 4.78 is 4.72. The first kappa shape index (κ1) is 13.1. The van der Waals surface area contributed by atoms with Crippen molar-refractivity contribution in [3.8, 4) is 0 Å². The van der Waals surface area contributed by atoms with Gasteiger partial charge in [0.1, 0.15) is 12.2 Å². The third kappa shape index (κ3) is 4.40. The minimum atomic E-state index is -0.410. The maximum Gasteiger partial charge on any atom is 0.313 e. The number of Topliss-reactive ketones (excluding diaryl/α,β-unsaturated/α-hetero) is 1. The molecule has 0 amide bonds. The molecule has 2 atom stereocenters. The second-order valence-corrected chi connectivity index (χ2v) is 3.62. The highest BCUT2D eigenvalue weighted by Crippen LogP contribution is 2.16. The van der Waals surface area contributed by atoms with E-state index in [1.54, 1.807) is 6.92 Å². The van der Waals surface area contributed by atoms with Gasteiger partial charge in [-0.25, -0.2) is 0 Å². The van der Waals surface area contributed by atoms with Gasteiger partial charge in [-0.2, -0.15) is 0 Å². The molecule has 3 nitrogen and oxygen atoms in total. The summed E-state index contributed by atoms with van der Waals surface area (Å²) in [6.45, 7) is 8.01. The van der Waals surface area contributed by atoms with Crippen molar-refractivity contribution in [1.29, 1.82) is 0 Å². The van der Waals surface area contributed by atoms with E-state index in [-0.39, 0.29) is 18.1 Å². The molecule has 0 spiro atoms. The third-order valence-corrected chi connectivity index (χ3v) is 2.63. The van der Waals surface area contributed by atoms with Gasteiger partial charge < -0.3 is 4.74 Å². The summed E-state index contributed by atoms with van der Waals surface area (Å²) in [6.07, 6.45) is 0.870. The Labute approximate surface area is 85.8 Å². The topological polar surface area (TPSA) is 43.4 Å².